The zero-order valence-corrected chi connectivity index (χ0v) is 26.9. The summed E-state index contributed by atoms with van der Waals surface area (Å²) in [5, 5.41) is 4.08. The van der Waals surface area contributed by atoms with Crippen molar-refractivity contribution in [2.75, 3.05) is 4.90 Å². The van der Waals surface area contributed by atoms with Gasteiger partial charge < -0.3 is 4.90 Å². The van der Waals surface area contributed by atoms with Crippen molar-refractivity contribution >= 4 is 42.1 Å². The molecule has 4 atom stereocenters. The summed E-state index contributed by atoms with van der Waals surface area (Å²) >= 11 is 0. The number of nitrogens with zero attached hydrogens (tertiary/aromatic N) is 3. The van der Waals surface area contributed by atoms with E-state index in [2.05, 4.69) is 157 Å². The van der Waals surface area contributed by atoms with Crippen molar-refractivity contribution < 1.29 is 0 Å². The molecule has 0 saturated carbocycles. The highest BCUT2D eigenvalue weighted by atomic mass is 28.3. The van der Waals surface area contributed by atoms with Crippen molar-refractivity contribution in [1.82, 2.24) is 0 Å². The Morgan fingerprint density at radius 3 is 2.36 bits per heavy atom. The van der Waals surface area contributed by atoms with Gasteiger partial charge in [-0.2, -0.15) is 0 Å². The molecule has 0 saturated heterocycles. The lowest BCUT2D eigenvalue weighted by Gasteiger charge is -2.49. The third-order valence-corrected chi connectivity index (χ3v) is 16.2. The Balaban J connectivity index is 1.33. The number of allylic oxidation sites excluding steroid dienone is 8. The Morgan fingerprint density at radius 2 is 1.62 bits per heavy atom. The van der Waals surface area contributed by atoms with Crippen LogP contribution in [0, 0.1) is 5.92 Å². The molecule has 0 bridgehead atoms. The number of benzene rings is 3. The number of rotatable bonds is 6. The minimum atomic E-state index is -2.72. The highest BCUT2D eigenvalue weighted by Gasteiger charge is 2.58. The Bertz CT molecular complexity index is 1840. The molecule has 0 amide bonds. The van der Waals surface area contributed by atoms with Crippen LogP contribution in [0.4, 0.5) is 5.69 Å². The molecule has 5 aliphatic rings. The summed E-state index contributed by atoms with van der Waals surface area (Å²) in [7, 11) is -2.72. The number of anilines is 1. The first kappa shape index (κ1) is 28.0. The van der Waals surface area contributed by atoms with E-state index in [-0.39, 0.29) is 17.1 Å². The third kappa shape index (κ3) is 4.54. The predicted molar refractivity (Wildman–Crippen MR) is 193 cm³/mol. The van der Waals surface area contributed by atoms with Gasteiger partial charge in [0.2, 0.25) is 0 Å². The van der Waals surface area contributed by atoms with Gasteiger partial charge in [-0.3, -0.25) is 9.98 Å². The lowest BCUT2D eigenvalue weighted by atomic mass is 9.92. The van der Waals surface area contributed by atoms with Crippen LogP contribution in [0.3, 0.4) is 0 Å². The molecule has 45 heavy (non-hydrogen) atoms. The van der Waals surface area contributed by atoms with Gasteiger partial charge in [-0.05, 0) is 72.3 Å². The summed E-state index contributed by atoms with van der Waals surface area (Å²) in [6, 6.07) is 32.1. The van der Waals surface area contributed by atoms with E-state index in [1.165, 1.54) is 38.5 Å². The summed E-state index contributed by atoms with van der Waals surface area (Å²) < 4.78 is 0. The van der Waals surface area contributed by atoms with Crippen LogP contribution in [0.25, 0.3) is 5.57 Å². The fourth-order valence-corrected chi connectivity index (χ4v) is 14.4. The molecular formula is C41H39N3Si. The van der Waals surface area contributed by atoms with Gasteiger partial charge in [0.1, 0.15) is 0 Å². The number of fused-ring (bicyclic) bond motifs is 2. The SMILES string of the molecule is CC1([Si](C2=CC=CCC2)(c2ccccc2)c2ccc(C3=CCCC=C3)cc2)CC2=C(C=N1)[C@H]1C=NC=CC1N2c1ccccc1. The zero-order valence-electron chi connectivity index (χ0n) is 25.9. The molecule has 222 valence electrons. The number of aliphatic imine (C=N–C) groups is 2. The molecule has 2 aliphatic carbocycles. The first-order valence-corrected chi connectivity index (χ1v) is 18.4. The number of para-hydroxylation sites is 1. The maximum atomic E-state index is 5.71. The minimum Gasteiger partial charge on any atom is -0.337 e. The molecule has 3 nitrogen and oxygen atoms in total. The van der Waals surface area contributed by atoms with E-state index in [4.69, 9.17) is 4.99 Å². The van der Waals surface area contributed by atoms with Crippen LogP contribution >= 0.6 is 0 Å². The molecule has 3 aromatic carbocycles. The lowest BCUT2D eigenvalue weighted by Crippen LogP contribution is -2.73. The van der Waals surface area contributed by atoms with E-state index in [9.17, 15) is 0 Å². The van der Waals surface area contributed by atoms with Gasteiger partial charge in [0.05, 0.1) is 11.2 Å². The van der Waals surface area contributed by atoms with Crippen molar-refractivity contribution in [3.8, 4) is 0 Å². The van der Waals surface area contributed by atoms with E-state index in [1.54, 1.807) is 5.20 Å². The molecule has 3 aliphatic heterocycles. The molecule has 8 rings (SSSR count). The van der Waals surface area contributed by atoms with E-state index in [0.717, 1.165) is 32.1 Å². The first-order chi connectivity index (χ1) is 22.2. The topological polar surface area (TPSA) is 28.0 Å². The van der Waals surface area contributed by atoms with Gasteiger partial charge in [0.25, 0.3) is 0 Å². The molecule has 4 heteroatoms. The summed E-state index contributed by atoms with van der Waals surface area (Å²) in [5.74, 6) is 0.208. The molecule has 3 unspecified atom stereocenters. The second kappa shape index (κ2) is 11.4. The average Bonchev–Trinajstić information content (AvgIpc) is 3.43. The summed E-state index contributed by atoms with van der Waals surface area (Å²) in [5.41, 5.74) is 6.57. The molecular weight excluding hydrogens is 563 g/mol. The van der Waals surface area contributed by atoms with Crippen molar-refractivity contribution in [2.45, 2.75) is 50.2 Å². The molecule has 0 radical (unpaired) electrons. The molecule has 3 aromatic rings. The van der Waals surface area contributed by atoms with Gasteiger partial charge in [0.15, 0.2) is 8.07 Å². The van der Waals surface area contributed by atoms with Crippen LogP contribution in [0.2, 0.25) is 0 Å². The van der Waals surface area contributed by atoms with Crippen LogP contribution in [-0.2, 0) is 0 Å². The fraction of sp³-hybridized carbons (Fsp3) is 0.220. The number of hydrogen-bond donors (Lipinski definition) is 0. The predicted octanol–water partition coefficient (Wildman–Crippen LogP) is 7.93. The fourth-order valence-electron chi connectivity index (χ4n) is 8.44. The van der Waals surface area contributed by atoms with Gasteiger partial charge in [-0.25, -0.2) is 0 Å². The maximum Gasteiger partial charge on any atom is 0.173 e. The number of hydrogen-bond acceptors (Lipinski definition) is 3. The van der Waals surface area contributed by atoms with E-state index in [0.29, 0.717) is 0 Å². The van der Waals surface area contributed by atoms with E-state index in [1.807, 2.05) is 6.20 Å². The van der Waals surface area contributed by atoms with E-state index < -0.39 is 8.07 Å². The summed E-state index contributed by atoms with van der Waals surface area (Å²) in [6.45, 7) is 2.46. The zero-order chi connectivity index (χ0) is 30.3. The molecule has 0 spiro atoms. The highest BCUT2D eigenvalue weighted by molar-refractivity contribution is 7.09. The van der Waals surface area contributed by atoms with Crippen LogP contribution in [0.15, 0.2) is 160 Å². The van der Waals surface area contributed by atoms with Crippen LogP contribution in [0.5, 0.6) is 0 Å². The Kier molecular flexibility index (Phi) is 7.10. The Morgan fingerprint density at radius 1 is 0.844 bits per heavy atom. The summed E-state index contributed by atoms with van der Waals surface area (Å²) in [6.07, 6.45) is 27.8. The molecule has 3 heterocycles. The monoisotopic (exact) mass is 601 g/mol. The van der Waals surface area contributed by atoms with Crippen LogP contribution < -0.4 is 15.3 Å². The molecule has 0 aromatic heterocycles. The van der Waals surface area contributed by atoms with Crippen molar-refractivity contribution in [1.29, 1.82) is 0 Å². The smallest absolute Gasteiger partial charge is 0.173 e. The van der Waals surface area contributed by atoms with Gasteiger partial charge >= 0.3 is 0 Å². The van der Waals surface area contributed by atoms with Gasteiger partial charge in [-0.1, -0.05) is 114 Å². The van der Waals surface area contributed by atoms with Crippen molar-refractivity contribution in [2.24, 2.45) is 15.9 Å². The van der Waals surface area contributed by atoms with Crippen LogP contribution in [0.1, 0.15) is 44.6 Å². The van der Waals surface area contributed by atoms with Gasteiger partial charge in [0, 0.05) is 47.9 Å². The van der Waals surface area contributed by atoms with Crippen LogP contribution in [-0.4, -0.2) is 31.7 Å². The largest absolute Gasteiger partial charge is 0.337 e. The standard InChI is InChI=1S/C41H39N3Si/c1-41(28-40-38(30-43-41)37-29-42-27-26-39(37)44(40)33-16-8-3-9-17-33)45(34-18-10-4-11-19-34,35-20-12-5-13-21-35)36-24-22-32(23-25-36)31-14-6-2-7-15-31/h3-6,8-12,14-20,22-27,29-30,37,39H,2,7,13,21,28H2,1H3/t37-,39?,41?,45?/m1/s1. The number of dihydropyridines is 1. The second-order valence-electron chi connectivity index (χ2n) is 13.0. The quantitative estimate of drug-likeness (QED) is 0.264. The highest BCUT2D eigenvalue weighted by Crippen LogP contribution is 2.48. The first-order valence-electron chi connectivity index (χ1n) is 16.4. The Hall–Kier alpha value is -4.54. The van der Waals surface area contributed by atoms with E-state index >= 15 is 0 Å². The summed E-state index contributed by atoms with van der Waals surface area (Å²) in [4.78, 5) is 12.9. The average molecular weight is 602 g/mol. The maximum absolute atomic E-state index is 5.71. The third-order valence-electron chi connectivity index (χ3n) is 10.5. The normalized spacial score (nSPS) is 26.3. The lowest BCUT2D eigenvalue weighted by molar-refractivity contribution is 0.611. The second-order valence-corrected chi connectivity index (χ2v) is 17.3. The van der Waals surface area contributed by atoms with Crippen molar-refractivity contribution in [3.05, 3.63) is 156 Å². The molecule has 0 N–H and O–H groups in total. The minimum absolute atomic E-state index is 0.208. The van der Waals surface area contributed by atoms with Gasteiger partial charge in [-0.15, -0.1) is 0 Å². The molecule has 0 fully saturated rings. The Labute approximate surface area is 268 Å². The van der Waals surface area contributed by atoms with Crippen molar-refractivity contribution in [3.63, 3.8) is 0 Å².